The summed E-state index contributed by atoms with van der Waals surface area (Å²) >= 11 is 7.96. The van der Waals surface area contributed by atoms with E-state index in [2.05, 4.69) is 10.6 Å². The number of nitrogens with zero attached hydrogens (tertiary/aromatic N) is 1. The highest BCUT2D eigenvalue weighted by atomic mass is 35.5. The number of benzene rings is 1. The van der Waals surface area contributed by atoms with Crippen molar-refractivity contribution in [1.29, 1.82) is 0 Å². The molecule has 1 saturated carbocycles. The molecule has 2 saturated heterocycles. The van der Waals surface area contributed by atoms with E-state index < -0.39 is 17.4 Å². The summed E-state index contributed by atoms with van der Waals surface area (Å²) < 4.78 is 0. The van der Waals surface area contributed by atoms with Crippen LogP contribution in [0.15, 0.2) is 18.2 Å². The molecule has 0 aromatic heterocycles. The summed E-state index contributed by atoms with van der Waals surface area (Å²) in [6.45, 7) is 0. The highest BCUT2D eigenvalue weighted by Crippen LogP contribution is 2.54. The van der Waals surface area contributed by atoms with Gasteiger partial charge in [0.05, 0.1) is 11.8 Å². The molecule has 4 atom stereocenters. The lowest BCUT2D eigenvalue weighted by atomic mass is 9.76. The third-order valence-electron chi connectivity index (χ3n) is 7.03. The predicted molar refractivity (Wildman–Crippen MR) is 113 cm³/mol. The van der Waals surface area contributed by atoms with Crippen molar-refractivity contribution in [2.24, 2.45) is 11.8 Å². The van der Waals surface area contributed by atoms with Crippen LogP contribution in [-0.4, -0.2) is 46.7 Å². The molecule has 3 heterocycles. The third kappa shape index (κ3) is 2.63. The zero-order valence-corrected chi connectivity index (χ0v) is 17.8. The van der Waals surface area contributed by atoms with Gasteiger partial charge in [-0.3, -0.25) is 24.6 Å². The SMILES string of the molecule is CSCC[C@@H]1N[C@@]2(C(=O)Nc3ccc(Cl)cc32)[C@H]2C(=O)N(C3CCCC3)C(=O)[C@H]12. The Morgan fingerprint density at radius 1 is 1.21 bits per heavy atom. The molecular formula is C21H24ClN3O3S. The van der Waals surface area contributed by atoms with Crippen LogP contribution in [0.3, 0.4) is 0 Å². The number of rotatable bonds is 4. The van der Waals surface area contributed by atoms with Gasteiger partial charge in [0.15, 0.2) is 0 Å². The second kappa shape index (κ2) is 7.00. The van der Waals surface area contributed by atoms with Crippen LogP contribution in [0.1, 0.15) is 37.7 Å². The molecule has 5 rings (SSSR count). The minimum absolute atomic E-state index is 0.0258. The van der Waals surface area contributed by atoms with Crippen LogP contribution in [-0.2, 0) is 19.9 Å². The number of hydrogen-bond acceptors (Lipinski definition) is 5. The predicted octanol–water partition coefficient (Wildman–Crippen LogP) is 2.76. The smallest absolute Gasteiger partial charge is 0.250 e. The number of carbonyl (C=O) groups excluding carboxylic acids is 3. The molecule has 0 unspecified atom stereocenters. The minimum atomic E-state index is -1.23. The lowest BCUT2D eigenvalue weighted by molar-refractivity contribution is -0.145. The van der Waals surface area contributed by atoms with Gasteiger partial charge in [-0.25, -0.2) is 0 Å². The van der Waals surface area contributed by atoms with E-state index in [9.17, 15) is 14.4 Å². The van der Waals surface area contributed by atoms with E-state index in [0.29, 0.717) is 16.3 Å². The monoisotopic (exact) mass is 433 g/mol. The van der Waals surface area contributed by atoms with E-state index in [-0.39, 0.29) is 29.8 Å². The van der Waals surface area contributed by atoms with Crippen molar-refractivity contribution in [3.05, 3.63) is 28.8 Å². The van der Waals surface area contributed by atoms with Crippen molar-refractivity contribution >= 4 is 46.8 Å². The molecule has 154 valence electrons. The zero-order chi connectivity index (χ0) is 20.3. The summed E-state index contributed by atoms with van der Waals surface area (Å²) in [5, 5.41) is 6.88. The standard InChI is InChI=1S/C21H24ClN3O3S/c1-29-9-8-15-16-17(19(27)25(18(16)26)12-4-2-3-5-12)21(24-15)13-10-11(22)6-7-14(13)23-20(21)28/h6-7,10,12,15-17,24H,2-5,8-9H2,1H3,(H,23,28)/t15-,16+,17+,21+/m0/s1. The molecule has 6 nitrogen and oxygen atoms in total. The Morgan fingerprint density at radius 3 is 2.69 bits per heavy atom. The van der Waals surface area contributed by atoms with Crippen molar-refractivity contribution in [3.8, 4) is 0 Å². The molecule has 1 spiro atoms. The second-order valence-corrected chi connectivity index (χ2v) is 9.89. The maximum Gasteiger partial charge on any atom is 0.250 e. The molecule has 0 radical (unpaired) electrons. The Hall–Kier alpha value is -1.57. The summed E-state index contributed by atoms with van der Waals surface area (Å²) in [7, 11) is 0. The number of carbonyl (C=O) groups is 3. The van der Waals surface area contributed by atoms with E-state index in [0.717, 1.165) is 37.9 Å². The third-order valence-corrected chi connectivity index (χ3v) is 7.91. The zero-order valence-electron chi connectivity index (χ0n) is 16.2. The van der Waals surface area contributed by atoms with Crippen LogP contribution in [0.4, 0.5) is 5.69 Å². The molecule has 8 heteroatoms. The molecule has 1 aromatic carbocycles. The molecule has 29 heavy (non-hydrogen) atoms. The minimum Gasteiger partial charge on any atom is -0.324 e. The summed E-state index contributed by atoms with van der Waals surface area (Å²) in [4.78, 5) is 41.9. The number of fused-ring (bicyclic) bond motifs is 4. The van der Waals surface area contributed by atoms with Crippen molar-refractivity contribution in [3.63, 3.8) is 0 Å². The van der Waals surface area contributed by atoms with Gasteiger partial charge in [-0.15, -0.1) is 0 Å². The number of anilines is 1. The summed E-state index contributed by atoms with van der Waals surface area (Å²) in [5.74, 6) is -0.940. The summed E-state index contributed by atoms with van der Waals surface area (Å²) in [6, 6.07) is 5.01. The molecule has 3 aliphatic heterocycles. The van der Waals surface area contributed by atoms with Crippen LogP contribution in [0.25, 0.3) is 0 Å². The van der Waals surface area contributed by atoms with Crippen molar-refractivity contribution < 1.29 is 14.4 Å². The number of nitrogens with one attached hydrogen (secondary N) is 2. The number of amides is 3. The first kappa shape index (κ1) is 19.4. The topological polar surface area (TPSA) is 78.5 Å². The number of imide groups is 1. The lowest BCUT2D eigenvalue weighted by Crippen LogP contribution is -2.54. The fourth-order valence-electron chi connectivity index (χ4n) is 5.81. The van der Waals surface area contributed by atoms with Crippen LogP contribution in [0, 0.1) is 11.8 Å². The van der Waals surface area contributed by atoms with Gasteiger partial charge in [0.1, 0.15) is 5.54 Å². The Kier molecular flexibility index (Phi) is 4.68. The van der Waals surface area contributed by atoms with Crippen LogP contribution >= 0.6 is 23.4 Å². The first-order chi connectivity index (χ1) is 14.0. The van der Waals surface area contributed by atoms with E-state index in [1.807, 2.05) is 6.26 Å². The van der Waals surface area contributed by atoms with Gasteiger partial charge in [0, 0.05) is 28.4 Å². The quantitative estimate of drug-likeness (QED) is 0.714. The molecule has 1 aromatic rings. The van der Waals surface area contributed by atoms with Gasteiger partial charge in [-0.1, -0.05) is 24.4 Å². The van der Waals surface area contributed by atoms with Crippen LogP contribution in [0.2, 0.25) is 5.02 Å². The highest BCUT2D eigenvalue weighted by Gasteiger charge is 2.70. The largest absolute Gasteiger partial charge is 0.324 e. The van der Waals surface area contributed by atoms with Gasteiger partial charge in [0.25, 0.3) is 0 Å². The van der Waals surface area contributed by atoms with E-state index >= 15 is 0 Å². The first-order valence-corrected chi connectivity index (χ1v) is 12.0. The highest BCUT2D eigenvalue weighted by molar-refractivity contribution is 7.98. The van der Waals surface area contributed by atoms with Gasteiger partial charge < -0.3 is 5.32 Å². The number of likely N-dealkylation sites (tertiary alicyclic amines) is 1. The fourth-order valence-corrected chi connectivity index (χ4v) is 6.47. The number of thioether (sulfide) groups is 1. The summed E-state index contributed by atoms with van der Waals surface area (Å²) in [6.07, 6.45) is 6.55. The molecule has 4 aliphatic rings. The van der Waals surface area contributed by atoms with Gasteiger partial charge in [-0.2, -0.15) is 11.8 Å². The fraction of sp³-hybridized carbons (Fsp3) is 0.571. The maximum atomic E-state index is 13.7. The Morgan fingerprint density at radius 2 is 1.97 bits per heavy atom. The molecule has 1 aliphatic carbocycles. The Bertz CT molecular complexity index is 903. The van der Waals surface area contributed by atoms with Crippen LogP contribution < -0.4 is 10.6 Å². The van der Waals surface area contributed by atoms with E-state index in [4.69, 9.17) is 11.6 Å². The average molecular weight is 434 g/mol. The molecular weight excluding hydrogens is 410 g/mol. The Labute approximate surface area is 179 Å². The number of hydrogen-bond donors (Lipinski definition) is 2. The molecule has 3 fully saturated rings. The molecule has 0 bridgehead atoms. The normalized spacial score (nSPS) is 33.7. The molecule has 3 amide bonds. The summed E-state index contributed by atoms with van der Waals surface area (Å²) in [5.41, 5.74) is 0.121. The van der Waals surface area contributed by atoms with Gasteiger partial charge in [-0.05, 0) is 49.5 Å². The van der Waals surface area contributed by atoms with Crippen LogP contribution in [0.5, 0.6) is 0 Å². The van der Waals surface area contributed by atoms with Gasteiger partial charge >= 0.3 is 0 Å². The molecule has 2 N–H and O–H groups in total. The van der Waals surface area contributed by atoms with E-state index in [1.54, 1.807) is 30.0 Å². The second-order valence-electron chi connectivity index (χ2n) is 8.47. The van der Waals surface area contributed by atoms with Gasteiger partial charge in [0.2, 0.25) is 17.7 Å². The average Bonchev–Trinajstić information content (AvgIpc) is 3.43. The van der Waals surface area contributed by atoms with Crippen molar-refractivity contribution in [1.82, 2.24) is 10.2 Å². The lowest BCUT2D eigenvalue weighted by Gasteiger charge is -2.31. The Balaban J connectivity index is 1.63. The number of halogens is 1. The van der Waals surface area contributed by atoms with Crippen molar-refractivity contribution in [2.75, 3.05) is 17.3 Å². The first-order valence-electron chi connectivity index (χ1n) is 10.2. The van der Waals surface area contributed by atoms with Crippen molar-refractivity contribution in [2.45, 2.75) is 49.7 Å². The van der Waals surface area contributed by atoms with E-state index in [1.165, 1.54) is 4.90 Å². The maximum absolute atomic E-state index is 13.7.